The monoisotopic (exact) mass is 300 g/mol. The van der Waals surface area contributed by atoms with Crippen LogP contribution in [0, 0.1) is 5.41 Å². The van der Waals surface area contributed by atoms with Gasteiger partial charge >= 0.3 is 5.97 Å². The topological polar surface area (TPSA) is 109 Å². The molecule has 0 amide bonds. The normalized spacial score (nSPS) is 12.2. The third kappa shape index (κ3) is 3.71. The fraction of sp³-hybridized carbons (Fsp3) is 0.462. The molecule has 0 aliphatic heterocycles. The Morgan fingerprint density at radius 2 is 1.75 bits per heavy atom. The van der Waals surface area contributed by atoms with Gasteiger partial charge in [0.1, 0.15) is 0 Å². The number of carboxylic acids is 1. The van der Waals surface area contributed by atoms with E-state index in [4.69, 9.17) is 5.14 Å². The van der Waals surface area contributed by atoms with E-state index < -0.39 is 21.4 Å². The van der Waals surface area contributed by atoms with Crippen molar-refractivity contribution < 1.29 is 18.3 Å². The predicted octanol–water partition coefficient (Wildman–Crippen LogP) is 1.64. The quantitative estimate of drug-likeness (QED) is 0.709. The Morgan fingerprint density at radius 1 is 1.25 bits per heavy atom. The number of nitrogens with two attached hydrogens (primary N) is 1. The van der Waals surface area contributed by atoms with Crippen LogP contribution in [-0.4, -0.2) is 26.0 Å². The van der Waals surface area contributed by atoms with Gasteiger partial charge in [-0.1, -0.05) is 13.8 Å². The molecule has 0 atom stereocenters. The van der Waals surface area contributed by atoms with Gasteiger partial charge in [0.05, 0.1) is 10.3 Å². The summed E-state index contributed by atoms with van der Waals surface area (Å²) >= 11 is 0. The summed E-state index contributed by atoms with van der Waals surface area (Å²) in [5.41, 5.74) is -0.163. The number of benzene rings is 1. The van der Waals surface area contributed by atoms with Gasteiger partial charge in [-0.2, -0.15) is 0 Å². The molecule has 0 bridgehead atoms. The summed E-state index contributed by atoms with van der Waals surface area (Å²) in [5, 5.41) is 17.4. The standard InChI is InChI=1S/C13H20N2O4S/c1-3-13(4-2,12(16)17)9-15-10-5-7-11(8-6-10)20(14,18)19/h5-8,15H,3-4,9H2,1-2H3,(H,16,17)(H2,14,18,19). The van der Waals surface area contributed by atoms with Gasteiger partial charge in [-0.3, -0.25) is 4.79 Å². The number of nitrogens with one attached hydrogen (secondary N) is 1. The lowest BCUT2D eigenvalue weighted by Gasteiger charge is -2.27. The molecule has 0 aliphatic carbocycles. The maximum Gasteiger partial charge on any atom is 0.311 e. The van der Waals surface area contributed by atoms with E-state index in [0.717, 1.165) is 0 Å². The van der Waals surface area contributed by atoms with Gasteiger partial charge in [0.2, 0.25) is 10.0 Å². The first-order chi connectivity index (χ1) is 9.25. The van der Waals surface area contributed by atoms with Gasteiger partial charge in [-0.25, -0.2) is 13.6 Å². The molecular weight excluding hydrogens is 280 g/mol. The molecule has 0 heterocycles. The highest BCUT2D eigenvalue weighted by Crippen LogP contribution is 2.27. The van der Waals surface area contributed by atoms with E-state index in [1.54, 1.807) is 12.1 Å². The zero-order chi connectivity index (χ0) is 15.4. The highest BCUT2D eigenvalue weighted by atomic mass is 32.2. The predicted molar refractivity (Wildman–Crippen MR) is 77.0 cm³/mol. The lowest BCUT2D eigenvalue weighted by atomic mass is 9.82. The van der Waals surface area contributed by atoms with Crippen molar-refractivity contribution in [1.29, 1.82) is 0 Å². The van der Waals surface area contributed by atoms with Crippen molar-refractivity contribution in [1.82, 2.24) is 0 Å². The van der Waals surface area contributed by atoms with Crippen LogP contribution in [0.3, 0.4) is 0 Å². The van der Waals surface area contributed by atoms with E-state index in [1.807, 2.05) is 13.8 Å². The average Bonchev–Trinajstić information content (AvgIpc) is 2.39. The van der Waals surface area contributed by atoms with Crippen LogP contribution in [0.4, 0.5) is 5.69 Å². The van der Waals surface area contributed by atoms with Gasteiger partial charge in [0.15, 0.2) is 0 Å². The van der Waals surface area contributed by atoms with Crippen LogP contribution in [0.1, 0.15) is 26.7 Å². The summed E-state index contributed by atoms with van der Waals surface area (Å²) in [6.07, 6.45) is 1.03. The average molecular weight is 300 g/mol. The molecule has 0 aliphatic rings. The molecule has 0 fully saturated rings. The van der Waals surface area contributed by atoms with Crippen molar-refractivity contribution in [3.63, 3.8) is 0 Å². The molecule has 6 nitrogen and oxygen atoms in total. The van der Waals surface area contributed by atoms with E-state index in [1.165, 1.54) is 12.1 Å². The lowest BCUT2D eigenvalue weighted by Crippen LogP contribution is -2.36. The summed E-state index contributed by atoms with van der Waals surface area (Å²) in [4.78, 5) is 11.4. The number of sulfonamides is 1. The number of hydrogen-bond donors (Lipinski definition) is 3. The summed E-state index contributed by atoms with van der Waals surface area (Å²) in [5.74, 6) is -0.837. The summed E-state index contributed by atoms with van der Waals surface area (Å²) < 4.78 is 22.2. The third-order valence-corrected chi connectivity index (χ3v) is 4.55. The van der Waals surface area contributed by atoms with Crippen LogP contribution in [0.2, 0.25) is 0 Å². The highest BCUT2D eigenvalue weighted by Gasteiger charge is 2.34. The Bertz CT molecular complexity index is 563. The molecule has 1 aromatic carbocycles. The van der Waals surface area contributed by atoms with E-state index >= 15 is 0 Å². The number of hydrogen-bond acceptors (Lipinski definition) is 4. The van der Waals surface area contributed by atoms with Gasteiger partial charge in [0.25, 0.3) is 0 Å². The number of primary sulfonamides is 1. The fourth-order valence-electron chi connectivity index (χ4n) is 1.91. The molecule has 0 saturated heterocycles. The number of aliphatic carboxylic acids is 1. The van der Waals surface area contributed by atoms with Crippen LogP contribution in [0.25, 0.3) is 0 Å². The van der Waals surface area contributed by atoms with Crippen LogP contribution in [0.15, 0.2) is 29.2 Å². The zero-order valence-electron chi connectivity index (χ0n) is 11.6. The number of anilines is 1. The number of carbonyl (C=O) groups is 1. The van der Waals surface area contributed by atoms with Gasteiger partial charge < -0.3 is 10.4 Å². The van der Waals surface area contributed by atoms with Gasteiger partial charge in [-0.05, 0) is 37.1 Å². The summed E-state index contributed by atoms with van der Waals surface area (Å²) in [7, 11) is -3.71. The van der Waals surface area contributed by atoms with Crippen LogP contribution < -0.4 is 10.5 Å². The van der Waals surface area contributed by atoms with Crippen molar-refractivity contribution in [2.45, 2.75) is 31.6 Å². The second kappa shape index (κ2) is 6.23. The van der Waals surface area contributed by atoms with E-state index in [9.17, 15) is 18.3 Å². The molecule has 0 aromatic heterocycles. The van der Waals surface area contributed by atoms with E-state index in [2.05, 4.69) is 5.32 Å². The SMILES string of the molecule is CCC(CC)(CNc1ccc(S(N)(=O)=O)cc1)C(=O)O. The molecule has 1 aromatic rings. The maximum atomic E-state index is 11.4. The molecule has 4 N–H and O–H groups in total. The molecule has 0 spiro atoms. The fourth-order valence-corrected chi connectivity index (χ4v) is 2.43. The first kappa shape index (κ1) is 16.5. The molecule has 1 rings (SSSR count). The van der Waals surface area contributed by atoms with Crippen molar-refractivity contribution in [3.05, 3.63) is 24.3 Å². The van der Waals surface area contributed by atoms with Crippen LogP contribution >= 0.6 is 0 Å². The van der Waals surface area contributed by atoms with E-state index in [0.29, 0.717) is 18.5 Å². The Morgan fingerprint density at radius 3 is 2.10 bits per heavy atom. The second-order valence-electron chi connectivity index (χ2n) is 4.72. The Hall–Kier alpha value is -1.60. The first-order valence-corrected chi connectivity index (χ1v) is 7.90. The Labute approximate surface area is 119 Å². The van der Waals surface area contributed by atoms with Crippen molar-refractivity contribution >= 4 is 21.7 Å². The highest BCUT2D eigenvalue weighted by molar-refractivity contribution is 7.89. The van der Waals surface area contributed by atoms with E-state index in [-0.39, 0.29) is 11.4 Å². The lowest BCUT2D eigenvalue weighted by molar-refractivity contribution is -0.148. The first-order valence-electron chi connectivity index (χ1n) is 6.35. The van der Waals surface area contributed by atoms with Crippen LogP contribution in [0.5, 0.6) is 0 Å². The number of rotatable bonds is 7. The van der Waals surface area contributed by atoms with Crippen LogP contribution in [-0.2, 0) is 14.8 Å². The summed E-state index contributed by atoms with van der Waals surface area (Å²) in [6, 6.07) is 5.91. The van der Waals surface area contributed by atoms with Crippen molar-refractivity contribution in [3.8, 4) is 0 Å². The minimum absolute atomic E-state index is 0.0264. The third-order valence-electron chi connectivity index (χ3n) is 3.62. The molecule has 0 radical (unpaired) electrons. The minimum atomic E-state index is -3.71. The van der Waals surface area contributed by atoms with Gasteiger partial charge in [-0.15, -0.1) is 0 Å². The summed E-state index contributed by atoms with van der Waals surface area (Å²) in [6.45, 7) is 3.96. The molecule has 20 heavy (non-hydrogen) atoms. The molecule has 0 unspecified atom stereocenters. The number of carboxylic acid groups (broad SMARTS) is 1. The zero-order valence-corrected chi connectivity index (χ0v) is 12.4. The smallest absolute Gasteiger partial charge is 0.311 e. The van der Waals surface area contributed by atoms with Crippen molar-refractivity contribution in [2.24, 2.45) is 10.6 Å². The largest absolute Gasteiger partial charge is 0.481 e. The Balaban J connectivity index is 2.82. The van der Waals surface area contributed by atoms with Crippen molar-refractivity contribution in [2.75, 3.05) is 11.9 Å². The molecular formula is C13H20N2O4S. The maximum absolute atomic E-state index is 11.4. The second-order valence-corrected chi connectivity index (χ2v) is 6.28. The van der Waals surface area contributed by atoms with Gasteiger partial charge in [0, 0.05) is 12.2 Å². The molecule has 0 saturated carbocycles. The molecule has 112 valence electrons. The molecule has 7 heteroatoms. The Kier molecular flexibility index (Phi) is 5.13. The minimum Gasteiger partial charge on any atom is -0.481 e.